The van der Waals surface area contributed by atoms with Gasteiger partial charge in [-0.1, -0.05) is 43.8 Å². The van der Waals surface area contributed by atoms with E-state index < -0.39 is 5.97 Å². The molecule has 0 atom stereocenters. The molecule has 0 bridgehead atoms. The normalized spacial score (nSPS) is 11.2. The average molecular weight is 450 g/mol. The minimum absolute atomic E-state index is 0.133. The van der Waals surface area contributed by atoms with Crippen molar-refractivity contribution in [1.82, 2.24) is 19.6 Å². The van der Waals surface area contributed by atoms with Gasteiger partial charge in [0.25, 0.3) is 0 Å². The molecule has 1 amide bonds. The predicted octanol–water partition coefficient (Wildman–Crippen LogP) is 4.31. The van der Waals surface area contributed by atoms with Crippen LogP contribution in [-0.2, 0) is 9.53 Å². The first kappa shape index (κ1) is 21.8. The van der Waals surface area contributed by atoms with Crippen LogP contribution in [0.5, 0.6) is 0 Å². The summed E-state index contributed by atoms with van der Waals surface area (Å²) in [7, 11) is 0. The Labute approximate surface area is 189 Å². The van der Waals surface area contributed by atoms with Crippen molar-refractivity contribution in [3.05, 3.63) is 59.9 Å². The lowest BCUT2D eigenvalue weighted by atomic mass is 10.2. The second-order valence-electron chi connectivity index (χ2n) is 7.42. The molecule has 0 unspecified atom stereocenters. The highest BCUT2D eigenvalue weighted by atomic mass is 32.2. The lowest BCUT2D eigenvalue weighted by molar-refractivity contribution is -0.113. The largest absolute Gasteiger partial charge is 0.462 e. The van der Waals surface area contributed by atoms with Gasteiger partial charge in [-0.25, -0.2) is 9.78 Å². The maximum Gasteiger partial charge on any atom is 0.338 e. The van der Waals surface area contributed by atoms with Crippen LogP contribution >= 0.6 is 11.8 Å². The van der Waals surface area contributed by atoms with Crippen LogP contribution in [0, 0.1) is 0 Å². The van der Waals surface area contributed by atoms with E-state index in [-0.39, 0.29) is 17.6 Å². The minimum atomic E-state index is -0.423. The Morgan fingerprint density at radius 1 is 1.12 bits per heavy atom. The van der Waals surface area contributed by atoms with Gasteiger partial charge >= 0.3 is 5.97 Å². The predicted molar refractivity (Wildman–Crippen MR) is 124 cm³/mol. The van der Waals surface area contributed by atoms with Crippen LogP contribution in [0.25, 0.3) is 16.7 Å². The van der Waals surface area contributed by atoms with Crippen LogP contribution in [0.4, 0.5) is 5.69 Å². The molecule has 0 aliphatic rings. The Bertz CT molecular complexity index is 1300. The number of amides is 1. The second-order valence-corrected chi connectivity index (χ2v) is 8.38. The molecule has 4 aromatic rings. The number of hydrogen-bond acceptors (Lipinski definition) is 7. The topological polar surface area (TPSA) is 98.5 Å². The van der Waals surface area contributed by atoms with Gasteiger partial charge in [-0.05, 0) is 37.3 Å². The molecule has 0 saturated carbocycles. The molecule has 0 aliphatic heterocycles. The number of anilines is 1. The van der Waals surface area contributed by atoms with Crippen LogP contribution in [0.2, 0.25) is 0 Å². The third kappa shape index (κ3) is 4.43. The van der Waals surface area contributed by atoms with Gasteiger partial charge in [0.2, 0.25) is 5.91 Å². The van der Waals surface area contributed by atoms with Crippen molar-refractivity contribution in [3.63, 3.8) is 0 Å². The minimum Gasteiger partial charge on any atom is -0.462 e. The SMILES string of the molecule is CCOC(=O)c1cccc(NC(=O)CSc2nc3ccccc3n3c(C(C)C)nnc23)c1. The van der Waals surface area contributed by atoms with Crippen molar-refractivity contribution in [1.29, 1.82) is 0 Å². The van der Waals surface area contributed by atoms with E-state index in [2.05, 4.69) is 29.4 Å². The zero-order valence-electron chi connectivity index (χ0n) is 18.0. The number of nitrogens with zero attached hydrogens (tertiary/aromatic N) is 4. The first-order valence-electron chi connectivity index (χ1n) is 10.3. The van der Waals surface area contributed by atoms with E-state index in [0.717, 1.165) is 16.9 Å². The first-order chi connectivity index (χ1) is 15.5. The molecule has 0 spiro atoms. The van der Waals surface area contributed by atoms with E-state index in [4.69, 9.17) is 9.72 Å². The van der Waals surface area contributed by atoms with Gasteiger partial charge in [0.15, 0.2) is 5.65 Å². The number of carbonyl (C=O) groups is 2. The molecule has 0 aliphatic carbocycles. The molecule has 0 saturated heterocycles. The number of aromatic nitrogens is 4. The van der Waals surface area contributed by atoms with Crippen LogP contribution in [0.3, 0.4) is 0 Å². The summed E-state index contributed by atoms with van der Waals surface area (Å²) >= 11 is 1.30. The molecule has 2 aromatic carbocycles. The number of nitrogens with one attached hydrogen (secondary N) is 1. The monoisotopic (exact) mass is 449 g/mol. The molecule has 4 rings (SSSR count). The highest BCUT2D eigenvalue weighted by Gasteiger charge is 2.18. The van der Waals surface area contributed by atoms with E-state index >= 15 is 0 Å². The maximum atomic E-state index is 12.6. The van der Waals surface area contributed by atoms with Crippen LogP contribution in [-0.4, -0.2) is 43.8 Å². The van der Waals surface area contributed by atoms with E-state index in [9.17, 15) is 9.59 Å². The van der Waals surface area contributed by atoms with Crippen molar-refractivity contribution in [2.24, 2.45) is 0 Å². The Balaban J connectivity index is 1.55. The third-order valence-corrected chi connectivity index (χ3v) is 5.69. The Hall–Kier alpha value is -3.46. The summed E-state index contributed by atoms with van der Waals surface area (Å²) in [5, 5.41) is 12.2. The summed E-state index contributed by atoms with van der Waals surface area (Å²) < 4.78 is 7.02. The summed E-state index contributed by atoms with van der Waals surface area (Å²) in [6.07, 6.45) is 0. The third-order valence-electron chi connectivity index (χ3n) is 4.74. The van der Waals surface area contributed by atoms with Crippen LogP contribution in [0.15, 0.2) is 53.6 Å². The Kier molecular flexibility index (Phi) is 6.36. The van der Waals surface area contributed by atoms with Gasteiger partial charge in [0, 0.05) is 11.6 Å². The summed E-state index contributed by atoms with van der Waals surface area (Å²) in [4.78, 5) is 29.2. The molecule has 2 heterocycles. The molecule has 0 radical (unpaired) electrons. The fourth-order valence-corrected chi connectivity index (χ4v) is 4.08. The molecule has 32 heavy (non-hydrogen) atoms. The average Bonchev–Trinajstić information content (AvgIpc) is 3.24. The quantitative estimate of drug-likeness (QED) is 0.332. The van der Waals surface area contributed by atoms with Gasteiger partial charge in [-0.15, -0.1) is 10.2 Å². The standard InChI is InChI=1S/C23H23N5O3S/c1-4-31-23(30)15-8-7-9-16(12-15)24-19(29)13-32-22-21-27-26-20(14(2)3)28(21)18-11-6-5-10-17(18)25-22/h5-12,14H,4,13H2,1-3H3,(H,24,29). The number of hydrogen-bond donors (Lipinski definition) is 1. The molecule has 9 heteroatoms. The van der Waals surface area contributed by atoms with Crippen molar-refractivity contribution in [3.8, 4) is 0 Å². The fourth-order valence-electron chi connectivity index (χ4n) is 3.32. The van der Waals surface area contributed by atoms with Gasteiger partial charge < -0.3 is 10.1 Å². The number of thioether (sulfide) groups is 1. The Morgan fingerprint density at radius 2 is 1.94 bits per heavy atom. The number of rotatable bonds is 7. The molecule has 1 N–H and O–H groups in total. The second kappa shape index (κ2) is 9.35. The molecular weight excluding hydrogens is 426 g/mol. The van der Waals surface area contributed by atoms with Crippen LogP contribution < -0.4 is 5.32 Å². The van der Waals surface area contributed by atoms with Gasteiger partial charge in [0.05, 0.1) is 29.0 Å². The fraction of sp³-hybridized carbons (Fsp3) is 0.261. The molecule has 2 aromatic heterocycles. The number of ether oxygens (including phenoxy) is 1. The number of benzene rings is 2. The van der Waals surface area contributed by atoms with Crippen LogP contribution in [0.1, 0.15) is 42.9 Å². The number of esters is 1. The lowest BCUT2D eigenvalue weighted by Crippen LogP contribution is -2.15. The lowest BCUT2D eigenvalue weighted by Gasteiger charge is -2.10. The zero-order valence-corrected chi connectivity index (χ0v) is 18.8. The highest BCUT2D eigenvalue weighted by Crippen LogP contribution is 2.27. The van der Waals surface area contributed by atoms with Crippen molar-refractivity contribution >= 4 is 46.0 Å². The number of para-hydroxylation sites is 2. The number of fused-ring (bicyclic) bond motifs is 3. The van der Waals surface area contributed by atoms with Gasteiger partial charge in [-0.2, -0.15) is 0 Å². The van der Waals surface area contributed by atoms with E-state index in [1.165, 1.54) is 11.8 Å². The molecular formula is C23H23N5O3S. The van der Waals surface area contributed by atoms with E-state index in [0.29, 0.717) is 28.5 Å². The Morgan fingerprint density at radius 3 is 2.72 bits per heavy atom. The first-order valence-corrected chi connectivity index (χ1v) is 11.3. The van der Waals surface area contributed by atoms with Crippen molar-refractivity contribution in [2.75, 3.05) is 17.7 Å². The summed E-state index contributed by atoms with van der Waals surface area (Å²) in [5.41, 5.74) is 3.30. The van der Waals surface area contributed by atoms with Crippen molar-refractivity contribution in [2.45, 2.75) is 31.7 Å². The molecule has 8 nitrogen and oxygen atoms in total. The smallest absolute Gasteiger partial charge is 0.338 e. The summed E-state index contributed by atoms with van der Waals surface area (Å²) in [6.45, 7) is 6.17. The summed E-state index contributed by atoms with van der Waals surface area (Å²) in [5.74, 6) is 0.527. The maximum absolute atomic E-state index is 12.6. The van der Waals surface area contributed by atoms with Crippen molar-refractivity contribution < 1.29 is 14.3 Å². The van der Waals surface area contributed by atoms with E-state index in [1.807, 2.05) is 28.7 Å². The molecule has 0 fully saturated rings. The molecule has 164 valence electrons. The summed E-state index contributed by atoms with van der Waals surface area (Å²) in [6, 6.07) is 14.5. The van der Waals surface area contributed by atoms with E-state index in [1.54, 1.807) is 31.2 Å². The zero-order chi connectivity index (χ0) is 22.7. The van der Waals surface area contributed by atoms with Gasteiger partial charge in [-0.3, -0.25) is 9.20 Å². The highest BCUT2D eigenvalue weighted by molar-refractivity contribution is 8.00. The number of carbonyl (C=O) groups excluding carboxylic acids is 2. The van der Waals surface area contributed by atoms with Gasteiger partial charge in [0.1, 0.15) is 10.9 Å².